The van der Waals surface area contributed by atoms with Crippen molar-refractivity contribution in [2.75, 3.05) is 6.79 Å². The first-order valence-electron chi connectivity index (χ1n) is 12.9. The molecule has 1 unspecified atom stereocenters. The standard InChI is InChI=1S/C29H33N3O3S/c1-3-4-18-12-23-21-8-5-16-11-19(31-32-28(30)36)7-9-20(16)26(21)22(14-29(23,2)27(18)33)17-6-10-24-25(13-17)35-15-34-24/h6,10-11,13,18,21-23,27,33H,5,7-9,12,14-15H2,1-2H3,(H3,30,32,36)/b31-19+/t18?,21-,22+,23-,27-,29-/m0/s1. The van der Waals surface area contributed by atoms with Gasteiger partial charge in [0.2, 0.25) is 6.79 Å². The van der Waals surface area contributed by atoms with Crippen molar-refractivity contribution in [1.82, 2.24) is 5.43 Å². The Bertz CT molecular complexity index is 1270. The van der Waals surface area contributed by atoms with Crippen LogP contribution < -0.4 is 20.6 Å². The van der Waals surface area contributed by atoms with Gasteiger partial charge in [-0.2, -0.15) is 5.10 Å². The second-order valence-electron chi connectivity index (χ2n) is 11.0. The van der Waals surface area contributed by atoms with Crippen LogP contribution in [0.2, 0.25) is 0 Å². The van der Waals surface area contributed by atoms with Crippen LogP contribution in [-0.4, -0.2) is 28.8 Å². The highest BCUT2D eigenvalue weighted by atomic mass is 32.1. The second-order valence-corrected chi connectivity index (χ2v) is 11.4. The lowest BCUT2D eigenvalue weighted by molar-refractivity contribution is -0.0102. The van der Waals surface area contributed by atoms with Crippen molar-refractivity contribution in [2.24, 2.45) is 34.0 Å². The maximum atomic E-state index is 11.5. The zero-order chi connectivity index (χ0) is 25.0. The maximum absolute atomic E-state index is 11.5. The Morgan fingerprint density at radius 2 is 2.08 bits per heavy atom. The molecule has 36 heavy (non-hydrogen) atoms. The van der Waals surface area contributed by atoms with Gasteiger partial charge in [0.15, 0.2) is 16.6 Å². The maximum Gasteiger partial charge on any atom is 0.231 e. The lowest BCUT2D eigenvalue weighted by atomic mass is 9.53. The first-order chi connectivity index (χ1) is 17.4. The number of allylic oxidation sites excluding steroid dienone is 4. The van der Waals surface area contributed by atoms with E-state index in [0.29, 0.717) is 11.8 Å². The molecule has 1 aliphatic heterocycles. The highest BCUT2D eigenvalue weighted by Crippen LogP contribution is 2.65. The molecule has 5 aliphatic rings. The number of fused-ring (bicyclic) bond motifs is 5. The molecule has 0 amide bonds. The second kappa shape index (κ2) is 8.93. The quantitative estimate of drug-likeness (QED) is 0.312. The average Bonchev–Trinajstić information content (AvgIpc) is 3.44. The molecule has 0 aromatic heterocycles. The molecular weight excluding hydrogens is 470 g/mol. The fourth-order valence-electron chi connectivity index (χ4n) is 7.67. The average molecular weight is 504 g/mol. The van der Waals surface area contributed by atoms with Crippen LogP contribution in [-0.2, 0) is 0 Å². The van der Waals surface area contributed by atoms with Crippen molar-refractivity contribution in [1.29, 1.82) is 0 Å². The molecule has 7 heteroatoms. The van der Waals surface area contributed by atoms with Crippen molar-refractivity contribution in [2.45, 2.75) is 64.4 Å². The van der Waals surface area contributed by atoms with Crippen LogP contribution >= 0.6 is 12.2 Å². The van der Waals surface area contributed by atoms with Crippen LogP contribution in [0, 0.1) is 35.0 Å². The molecule has 6 rings (SSSR count). The predicted octanol–water partition coefficient (Wildman–Crippen LogP) is 4.55. The molecule has 0 saturated heterocycles. The van der Waals surface area contributed by atoms with Crippen molar-refractivity contribution in [3.63, 3.8) is 0 Å². The zero-order valence-corrected chi connectivity index (χ0v) is 21.7. The normalized spacial score (nSPS) is 35.2. The molecule has 0 radical (unpaired) electrons. The van der Waals surface area contributed by atoms with Gasteiger partial charge in [0, 0.05) is 11.8 Å². The van der Waals surface area contributed by atoms with Crippen molar-refractivity contribution >= 4 is 23.0 Å². The number of nitrogens with two attached hydrogens (primary N) is 1. The third kappa shape index (κ3) is 3.74. The van der Waals surface area contributed by atoms with Gasteiger partial charge in [-0.15, -0.1) is 5.92 Å². The van der Waals surface area contributed by atoms with Gasteiger partial charge in [-0.25, -0.2) is 0 Å². The van der Waals surface area contributed by atoms with Gasteiger partial charge in [0.25, 0.3) is 0 Å². The van der Waals surface area contributed by atoms with E-state index in [2.05, 4.69) is 47.5 Å². The molecule has 1 heterocycles. The van der Waals surface area contributed by atoms with E-state index in [1.165, 1.54) is 16.7 Å². The zero-order valence-electron chi connectivity index (χ0n) is 20.8. The summed E-state index contributed by atoms with van der Waals surface area (Å²) in [6, 6.07) is 6.39. The predicted molar refractivity (Wildman–Crippen MR) is 144 cm³/mol. The number of aliphatic hydroxyl groups is 1. The van der Waals surface area contributed by atoms with Gasteiger partial charge in [0.1, 0.15) is 0 Å². The first kappa shape index (κ1) is 23.6. The summed E-state index contributed by atoms with van der Waals surface area (Å²) in [5, 5.41) is 16.1. The molecule has 188 valence electrons. The summed E-state index contributed by atoms with van der Waals surface area (Å²) in [5.74, 6) is 9.18. The van der Waals surface area contributed by atoms with Gasteiger partial charge in [-0.05, 0) is 110 Å². The number of thiocarbonyl (C=S) groups is 1. The van der Waals surface area contributed by atoms with Gasteiger partial charge < -0.3 is 20.3 Å². The minimum atomic E-state index is -0.411. The Morgan fingerprint density at radius 1 is 1.25 bits per heavy atom. The van der Waals surface area contributed by atoms with E-state index in [9.17, 15) is 5.11 Å². The molecule has 4 aliphatic carbocycles. The third-order valence-corrected chi connectivity index (χ3v) is 9.28. The molecule has 0 bridgehead atoms. The van der Waals surface area contributed by atoms with Crippen LogP contribution in [0.15, 0.2) is 46.1 Å². The van der Waals surface area contributed by atoms with E-state index in [4.69, 9.17) is 27.4 Å². The van der Waals surface area contributed by atoms with E-state index < -0.39 is 6.10 Å². The minimum absolute atomic E-state index is 0.0416. The van der Waals surface area contributed by atoms with E-state index in [1.54, 1.807) is 5.57 Å². The minimum Gasteiger partial charge on any atom is -0.454 e. The summed E-state index contributed by atoms with van der Waals surface area (Å²) >= 11 is 4.93. The Balaban J connectivity index is 1.46. The molecule has 4 N–H and O–H groups in total. The Morgan fingerprint density at radius 3 is 2.89 bits per heavy atom. The monoisotopic (exact) mass is 503 g/mol. The van der Waals surface area contributed by atoms with Crippen molar-refractivity contribution < 1.29 is 14.6 Å². The number of nitrogens with one attached hydrogen (secondary N) is 1. The summed E-state index contributed by atoms with van der Waals surface area (Å²) in [4.78, 5) is 0. The van der Waals surface area contributed by atoms with E-state index >= 15 is 0 Å². The summed E-state index contributed by atoms with van der Waals surface area (Å²) < 4.78 is 11.4. The number of aliphatic hydroxyl groups excluding tert-OH is 1. The Kier molecular flexibility index (Phi) is 5.85. The van der Waals surface area contributed by atoms with E-state index in [1.807, 2.05) is 13.0 Å². The molecular formula is C29H33N3O3S. The molecule has 6 atom stereocenters. The van der Waals surface area contributed by atoms with Crippen LogP contribution in [0.25, 0.3) is 0 Å². The number of hydrazone groups is 1. The lowest BCUT2D eigenvalue weighted by Gasteiger charge is -2.52. The highest BCUT2D eigenvalue weighted by Gasteiger charge is 2.59. The first-order valence-corrected chi connectivity index (χ1v) is 13.4. The van der Waals surface area contributed by atoms with Gasteiger partial charge in [-0.1, -0.05) is 24.5 Å². The number of benzene rings is 1. The molecule has 1 aromatic carbocycles. The number of rotatable bonds is 2. The number of hydrogen-bond acceptors (Lipinski definition) is 5. The van der Waals surface area contributed by atoms with Gasteiger partial charge in [0.05, 0.1) is 11.8 Å². The molecule has 6 nitrogen and oxygen atoms in total. The van der Waals surface area contributed by atoms with Crippen LogP contribution in [0.4, 0.5) is 0 Å². The molecule has 2 saturated carbocycles. The highest BCUT2D eigenvalue weighted by molar-refractivity contribution is 7.80. The number of hydrogen-bond donors (Lipinski definition) is 3. The van der Waals surface area contributed by atoms with Crippen molar-refractivity contribution in [3.05, 3.63) is 46.6 Å². The SMILES string of the molecule is CC#CC1C[C@H]2[C@@H]3CCC4=C/C(=N/NC(N)=S)CCC4=C3[C@@H](c3ccc4c(c3)OCO4)C[C@]2(C)[C@H]1O. The number of ether oxygens (including phenoxy) is 2. The smallest absolute Gasteiger partial charge is 0.231 e. The van der Waals surface area contributed by atoms with Gasteiger partial charge >= 0.3 is 0 Å². The van der Waals surface area contributed by atoms with Crippen LogP contribution in [0.1, 0.15) is 63.9 Å². The third-order valence-electron chi connectivity index (χ3n) is 9.19. The van der Waals surface area contributed by atoms with E-state index in [-0.39, 0.29) is 29.2 Å². The van der Waals surface area contributed by atoms with Crippen LogP contribution in [0.3, 0.4) is 0 Å². The fraction of sp³-hybridized carbons (Fsp3) is 0.517. The summed E-state index contributed by atoms with van der Waals surface area (Å²) in [7, 11) is 0. The molecule has 2 fully saturated rings. The number of nitrogens with zero attached hydrogens (tertiary/aromatic N) is 1. The van der Waals surface area contributed by atoms with E-state index in [0.717, 1.165) is 55.7 Å². The lowest BCUT2D eigenvalue weighted by Crippen LogP contribution is -2.45. The largest absolute Gasteiger partial charge is 0.454 e. The summed E-state index contributed by atoms with van der Waals surface area (Å²) in [6.07, 6.45) is 7.62. The fourth-order valence-corrected chi connectivity index (χ4v) is 7.71. The Hall–Kier alpha value is -2.82. The summed E-state index contributed by atoms with van der Waals surface area (Å²) in [6.45, 7) is 4.45. The topological polar surface area (TPSA) is 89.1 Å². The molecule has 1 aromatic rings. The summed E-state index contributed by atoms with van der Waals surface area (Å²) in [5.41, 5.74) is 14.9. The van der Waals surface area contributed by atoms with Crippen LogP contribution in [0.5, 0.6) is 11.5 Å². The molecule has 0 spiro atoms. The van der Waals surface area contributed by atoms with Gasteiger partial charge in [-0.3, -0.25) is 5.43 Å². The van der Waals surface area contributed by atoms with Crippen molar-refractivity contribution in [3.8, 4) is 23.3 Å². The Labute approximate surface area is 218 Å².